The molecule has 0 aliphatic carbocycles. The number of anilines is 2. The second kappa shape index (κ2) is 8.21. The summed E-state index contributed by atoms with van der Waals surface area (Å²) < 4.78 is 0. The zero-order valence-electron chi connectivity index (χ0n) is 14.2. The number of carboxylic acids is 1. The fourth-order valence-corrected chi connectivity index (χ4v) is 3.04. The lowest BCUT2D eigenvalue weighted by atomic mass is 10.2. The van der Waals surface area contributed by atoms with Gasteiger partial charge in [-0.15, -0.1) is 0 Å². The lowest BCUT2D eigenvalue weighted by Crippen LogP contribution is -2.47. The molecule has 2 aromatic rings. The van der Waals surface area contributed by atoms with E-state index < -0.39 is 5.97 Å². The number of carbonyl (C=O) groups is 2. The maximum Gasteiger partial charge on any atom is 0.317 e. The molecular formula is C19H20ClN3O3. The summed E-state index contributed by atoms with van der Waals surface area (Å²) in [5, 5.41) is 12.3. The smallest absolute Gasteiger partial charge is 0.317 e. The van der Waals surface area contributed by atoms with Gasteiger partial charge >= 0.3 is 5.97 Å². The second-order valence-electron chi connectivity index (χ2n) is 6.16. The van der Waals surface area contributed by atoms with Crippen molar-refractivity contribution in [2.75, 3.05) is 42.9 Å². The molecule has 1 aliphatic rings. The van der Waals surface area contributed by atoms with Crippen LogP contribution in [0.25, 0.3) is 0 Å². The van der Waals surface area contributed by atoms with Crippen LogP contribution in [0.3, 0.4) is 0 Å². The van der Waals surface area contributed by atoms with E-state index in [2.05, 4.69) is 10.2 Å². The van der Waals surface area contributed by atoms with Gasteiger partial charge in [-0.3, -0.25) is 14.5 Å². The Labute approximate surface area is 157 Å². The van der Waals surface area contributed by atoms with E-state index in [0.717, 1.165) is 37.6 Å². The molecule has 0 saturated carbocycles. The van der Waals surface area contributed by atoms with Crippen molar-refractivity contribution in [2.45, 2.75) is 0 Å². The molecule has 1 saturated heterocycles. The maximum atomic E-state index is 12.2. The Morgan fingerprint density at radius 1 is 0.962 bits per heavy atom. The van der Waals surface area contributed by atoms with E-state index >= 15 is 0 Å². The number of aliphatic carboxylic acids is 1. The number of rotatable bonds is 5. The molecule has 136 valence electrons. The molecule has 2 aromatic carbocycles. The molecule has 0 spiro atoms. The zero-order valence-corrected chi connectivity index (χ0v) is 14.9. The van der Waals surface area contributed by atoms with Crippen LogP contribution in [0, 0.1) is 0 Å². The molecule has 1 fully saturated rings. The van der Waals surface area contributed by atoms with Crippen molar-refractivity contribution in [1.29, 1.82) is 0 Å². The Kier molecular flexibility index (Phi) is 5.75. The molecule has 7 heteroatoms. The van der Waals surface area contributed by atoms with Crippen molar-refractivity contribution in [1.82, 2.24) is 4.90 Å². The highest BCUT2D eigenvalue weighted by atomic mass is 35.5. The van der Waals surface area contributed by atoms with Gasteiger partial charge in [-0.1, -0.05) is 11.6 Å². The summed E-state index contributed by atoms with van der Waals surface area (Å²) in [6.45, 7) is 3.10. The quantitative estimate of drug-likeness (QED) is 0.843. The molecule has 2 N–H and O–H groups in total. The van der Waals surface area contributed by atoms with E-state index in [1.807, 2.05) is 29.2 Å². The number of amides is 1. The Bertz CT molecular complexity index is 770. The lowest BCUT2D eigenvalue weighted by molar-refractivity contribution is -0.138. The molecule has 3 rings (SSSR count). The van der Waals surface area contributed by atoms with Gasteiger partial charge in [-0.05, 0) is 48.5 Å². The van der Waals surface area contributed by atoms with Crippen LogP contribution < -0.4 is 10.2 Å². The summed E-state index contributed by atoms with van der Waals surface area (Å²) in [4.78, 5) is 27.1. The van der Waals surface area contributed by atoms with Crippen molar-refractivity contribution in [3.05, 3.63) is 59.1 Å². The Morgan fingerprint density at radius 3 is 2.15 bits per heavy atom. The molecule has 0 unspecified atom stereocenters. The molecule has 26 heavy (non-hydrogen) atoms. The first kappa shape index (κ1) is 18.2. The Morgan fingerprint density at radius 2 is 1.58 bits per heavy atom. The minimum Gasteiger partial charge on any atom is -0.480 e. The Hall–Kier alpha value is -2.57. The third kappa shape index (κ3) is 4.74. The molecule has 0 bridgehead atoms. The van der Waals surface area contributed by atoms with E-state index in [-0.39, 0.29) is 12.5 Å². The van der Waals surface area contributed by atoms with Crippen LogP contribution in [0.2, 0.25) is 5.02 Å². The normalized spacial score (nSPS) is 14.9. The Balaban J connectivity index is 1.56. The van der Waals surface area contributed by atoms with Gasteiger partial charge < -0.3 is 15.3 Å². The van der Waals surface area contributed by atoms with Crippen LogP contribution in [0.4, 0.5) is 11.4 Å². The summed E-state index contributed by atoms with van der Waals surface area (Å²) in [6, 6.07) is 14.4. The molecule has 0 radical (unpaired) electrons. The van der Waals surface area contributed by atoms with Crippen LogP contribution in [0.1, 0.15) is 10.4 Å². The van der Waals surface area contributed by atoms with Crippen molar-refractivity contribution in [3.8, 4) is 0 Å². The number of carbonyl (C=O) groups excluding carboxylic acids is 1. The van der Waals surface area contributed by atoms with Crippen LogP contribution >= 0.6 is 11.6 Å². The SMILES string of the molecule is O=C(O)CN1CCN(c2ccc(NC(=O)c3ccc(Cl)cc3)cc2)CC1. The molecule has 1 aliphatic heterocycles. The number of benzene rings is 2. The van der Waals surface area contributed by atoms with E-state index in [0.29, 0.717) is 10.6 Å². The largest absolute Gasteiger partial charge is 0.480 e. The van der Waals surface area contributed by atoms with Gasteiger partial charge in [0.15, 0.2) is 0 Å². The summed E-state index contributed by atoms with van der Waals surface area (Å²) in [7, 11) is 0. The first-order chi connectivity index (χ1) is 12.5. The minimum atomic E-state index is -0.792. The predicted molar refractivity (Wildman–Crippen MR) is 102 cm³/mol. The first-order valence-corrected chi connectivity index (χ1v) is 8.75. The van der Waals surface area contributed by atoms with Crippen LogP contribution in [0.5, 0.6) is 0 Å². The van der Waals surface area contributed by atoms with Crippen molar-refractivity contribution >= 4 is 34.9 Å². The number of nitrogens with zero attached hydrogens (tertiary/aromatic N) is 2. The van der Waals surface area contributed by atoms with E-state index in [4.69, 9.17) is 16.7 Å². The number of hydrogen-bond acceptors (Lipinski definition) is 4. The fraction of sp³-hybridized carbons (Fsp3) is 0.263. The van der Waals surface area contributed by atoms with E-state index in [1.54, 1.807) is 24.3 Å². The van der Waals surface area contributed by atoms with Crippen molar-refractivity contribution in [2.24, 2.45) is 0 Å². The second-order valence-corrected chi connectivity index (χ2v) is 6.60. The average molecular weight is 374 g/mol. The van der Waals surface area contributed by atoms with E-state index in [1.165, 1.54) is 0 Å². The number of hydrogen-bond donors (Lipinski definition) is 2. The highest BCUT2D eigenvalue weighted by molar-refractivity contribution is 6.30. The highest BCUT2D eigenvalue weighted by Crippen LogP contribution is 2.20. The molecule has 0 atom stereocenters. The first-order valence-electron chi connectivity index (χ1n) is 8.37. The van der Waals surface area contributed by atoms with Gasteiger partial charge in [-0.2, -0.15) is 0 Å². The topological polar surface area (TPSA) is 72.9 Å². The number of piperazine rings is 1. The third-order valence-electron chi connectivity index (χ3n) is 4.33. The van der Waals surface area contributed by atoms with Gasteiger partial charge in [0, 0.05) is 48.1 Å². The van der Waals surface area contributed by atoms with Gasteiger partial charge in [0.25, 0.3) is 5.91 Å². The van der Waals surface area contributed by atoms with Gasteiger partial charge in [-0.25, -0.2) is 0 Å². The van der Waals surface area contributed by atoms with Crippen molar-refractivity contribution < 1.29 is 14.7 Å². The number of halogens is 1. The van der Waals surface area contributed by atoms with E-state index in [9.17, 15) is 9.59 Å². The lowest BCUT2D eigenvalue weighted by Gasteiger charge is -2.35. The predicted octanol–water partition coefficient (Wildman–Crippen LogP) is 2.80. The van der Waals surface area contributed by atoms with Crippen LogP contribution in [-0.4, -0.2) is 54.6 Å². The minimum absolute atomic E-state index is 0.0868. The average Bonchev–Trinajstić information content (AvgIpc) is 2.63. The van der Waals surface area contributed by atoms with Gasteiger partial charge in [0.2, 0.25) is 0 Å². The third-order valence-corrected chi connectivity index (χ3v) is 4.58. The molecular weight excluding hydrogens is 354 g/mol. The fourth-order valence-electron chi connectivity index (χ4n) is 2.92. The molecule has 0 aromatic heterocycles. The molecule has 6 nitrogen and oxygen atoms in total. The monoisotopic (exact) mass is 373 g/mol. The summed E-state index contributed by atoms with van der Waals surface area (Å²) in [5.41, 5.74) is 2.33. The van der Waals surface area contributed by atoms with Gasteiger partial charge in [0.05, 0.1) is 6.54 Å². The molecule has 1 heterocycles. The number of nitrogens with one attached hydrogen (secondary N) is 1. The summed E-state index contributed by atoms with van der Waals surface area (Å²) in [6.07, 6.45) is 0. The molecule has 1 amide bonds. The number of carboxylic acid groups (broad SMARTS) is 1. The maximum absolute atomic E-state index is 12.2. The standard InChI is InChI=1S/C19H20ClN3O3/c20-15-3-1-14(2-4-15)19(26)21-16-5-7-17(8-6-16)23-11-9-22(10-12-23)13-18(24)25/h1-8H,9-13H2,(H,21,26)(H,24,25). The highest BCUT2D eigenvalue weighted by Gasteiger charge is 2.18. The van der Waals surface area contributed by atoms with Crippen LogP contribution in [0.15, 0.2) is 48.5 Å². The zero-order chi connectivity index (χ0) is 18.5. The van der Waals surface area contributed by atoms with Gasteiger partial charge in [0.1, 0.15) is 0 Å². The summed E-state index contributed by atoms with van der Waals surface area (Å²) >= 11 is 5.83. The van der Waals surface area contributed by atoms with Crippen LogP contribution in [-0.2, 0) is 4.79 Å². The summed E-state index contributed by atoms with van der Waals surface area (Å²) in [5.74, 6) is -0.976. The van der Waals surface area contributed by atoms with Crippen molar-refractivity contribution in [3.63, 3.8) is 0 Å².